The van der Waals surface area contributed by atoms with Gasteiger partial charge >= 0.3 is 0 Å². The average Bonchev–Trinajstić information content (AvgIpc) is 2.13. The van der Waals surface area contributed by atoms with Gasteiger partial charge in [-0.2, -0.15) is 0 Å². The second-order valence-corrected chi connectivity index (χ2v) is 4.79. The molecule has 0 unspecified atom stereocenters. The summed E-state index contributed by atoms with van der Waals surface area (Å²) in [6.07, 6.45) is 1.79. The van der Waals surface area contributed by atoms with Crippen LogP contribution >= 0.6 is 0 Å². The first kappa shape index (κ1) is 14.3. The highest BCUT2D eigenvalue weighted by Gasteiger charge is 2.28. The van der Waals surface area contributed by atoms with Gasteiger partial charge in [0.25, 0.3) is 0 Å². The molecule has 1 aliphatic carbocycles. The van der Waals surface area contributed by atoms with Crippen LogP contribution in [0.15, 0.2) is 11.1 Å². The summed E-state index contributed by atoms with van der Waals surface area (Å²) in [5.41, 5.74) is 2.45. The standard InChI is InChI=1S/C10H16O.C2H6O2/c1-7-5-10(3,4)6-9(11)8(7)2;3-1-2-4/h5-6H2,1-4H3;3-4H,1-2H2. The quantitative estimate of drug-likeness (QED) is 0.698. The van der Waals surface area contributed by atoms with Crippen molar-refractivity contribution in [2.24, 2.45) is 5.41 Å². The van der Waals surface area contributed by atoms with Gasteiger partial charge < -0.3 is 10.2 Å². The van der Waals surface area contributed by atoms with E-state index in [9.17, 15) is 4.79 Å². The Hall–Kier alpha value is -0.670. The number of aliphatic hydroxyl groups is 2. The zero-order valence-corrected chi connectivity index (χ0v) is 10.1. The lowest BCUT2D eigenvalue weighted by molar-refractivity contribution is -0.118. The van der Waals surface area contributed by atoms with Gasteiger partial charge in [0.15, 0.2) is 5.78 Å². The third-order valence-electron chi connectivity index (χ3n) is 2.54. The van der Waals surface area contributed by atoms with E-state index >= 15 is 0 Å². The number of hydrogen-bond donors (Lipinski definition) is 2. The fraction of sp³-hybridized carbons (Fsp3) is 0.750. The van der Waals surface area contributed by atoms with Crippen molar-refractivity contribution in [1.82, 2.24) is 0 Å². The molecule has 0 saturated heterocycles. The summed E-state index contributed by atoms with van der Waals surface area (Å²) in [6, 6.07) is 0. The van der Waals surface area contributed by atoms with E-state index in [1.165, 1.54) is 5.57 Å². The Labute approximate surface area is 91.8 Å². The van der Waals surface area contributed by atoms with Crippen LogP contribution in [-0.2, 0) is 4.79 Å². The Bertz CT molecular complexity index is 250. The first-order valence-electron chi connectivity index (χ1n) is 5.25. The lowest BCUT2D eigenvalue weighted by Gasteiger charge is -2.29. The third kappa shape index (κ3) is 5.09. The predicted molar refractivity (Wildman–Crippen MR) is 60.6 cm³/mol. The Kier molecular flexibility index (Phi) is 5.76. The minimum atomic E-state index is -0.125. The molecule has 15 heavy (non-hydrogen) atoms. The van der Waals surface area contributed by atoms with Crippen LogP contribution in [0.3, 0.4) is 0 Å². The lowest BCUT2D eigenvalue weighted by atomic mass is 9.74. The number of Topliss-reactive ketones (excluding diaryl/α,β-unsaturated/α-hetero) is 1. The molecule has 88 valence electrons. The number of hydrogen-bond acceptors (Lipinski definition) is 3. The minimum absolute atomic E-state index is 0.125. The van der Waals surface area contributed by atoms with E-state index < -0.39 is 0 Å². The van der Waals surface area contributed by atoms with E-state index in [1.807, 2.05) is 6.92 Å². The van der Waals surface area contributed by atoms with Crippen molar-refractivity contribution in [2.75, 3.05) is 13.2 Å². The molecule has 0 radical (unpaired) electrons. The number of allylic oxidation sites excluding steroid dienone is 2. The van der Waals surface area contributed by atoms with Gasteiger partial charge in [-0.1, -0.05) is 19.4 Å². The molecule has 0 aromatic heterocycles. The highest BCUT2D eigenvalue weighted by atomic mass is 16.3. The summed E-state index contributed by atoms with van der Waals surface area (Å²) in [7, 11) is 0. The second-order valence-electron chi connectivity index (χ2n) is 4.79. The molecular weight excluding hydrogens is 192 g/mol. The number of ketones is 1. The van der Waals surface area contributed by atoms with E-state index in [-0.39, 0.29) is 18.6 Å². The van der Waals surface area contributed by atoms with Crippen LogP contribution in [0.1, 0.15) is 40.5 Å². The summed E-state index contributed by atoms with van der Waals surface area (Å²) in [4.78, 5) is 11.4. The molecule has 0 aromatic rings. The molecule has 0 atom stereocenters. The van der Waals surface area contributed by atoms with Gasteiger partial charge in [0, 0.05) is 6.42 Å². The summed E-state index contributed by atoms with van der Waals surface area (Å²) in [6.45, 7) is 8.06. The van der Waals surface area contributed by atoms with Crippen molar-refractivity contribution in [3.05, 3.63) is 11.1 Å². The molecule has 0 aliphatic heterocycles. The maximum absolute atomic E-state index is 11.4. The Morgan fingerprint density at radius 1 is 1.13 bits per heavy atom. The Morgan fingerprint density at radius 2 is 1.60 bits per heavy atom. The van der Waals surface area contributed by atoms with Crippen LogP contribution in [0.5, 0.6) is 0 Å². The van der Waals surface area contributed by atoms with Gasteiger partial charge in [-0.15, -0.1) is 0 Å². The molecule has 0 saturated carbocycles. The molecule has 3 nitrogen and oxygen atoms in total. The van der Waals surface area contributed by atoms with Crippen molar-refractivity contribution in [3.8, 4) is 0 Å². The van der Waals surface area contributed by atoms with Crippen LogP contribution in [0.2, 0.25) is 0 Å². The second kappa shape index (κ2) is 6.03. The maximum atomic E-state index is 11.4. The highest BCUT2D eigenvalue weighted by Crippen LogP contribution is 2.36. The number of rotatable bonds is 1. The third-order valence-corrected chi connectivity index (χ3v) is 2.54. The van der Waals surface area contributed by atoms with Crippen LogP contribution in [0, 0.1) is 5.41 Å². The SMILES string of the molecule is CC1=C(C)C(=O)CC(C)(C)C1.OCCO. The first-order chi connectivity index (χ1) is 6.84. The van der Waals surface area contributed by atoms with Gasteiger partial charge in [0.1, 0.15) is 0 Å². The van der Waals surface area contributed by atoms with E-state index in [0.29, 0.717) is 5.78 Å². The molecule has 1 aliphatic rings. The molecule has 2 N–H and O–H groups in total. The van der Waals surface area contributed by atoms with Crippen LogP contribution in [0.4, 0.5) is 0 Å². The van der Waals surface area contributed by atoms with Crippen molar-refractivity contribution < 1.29 is 15.0 Å². The zero-order chi connectivity index (χ0) is 12.1. The number of aliphatic hydroxyl groups excluding tert-OH is 2. The zero-order valence-electron chi connectivity index (χ0n) is 10.1. The Balaban J connectivity index is 0.000000423. The maximum Gasteiger partial charge on any atom is 0.159 e. The molecule has 0 spiro atoms. The van der Waals surface area contributed by atoms with E-state index in [4.69, 9.17) is 10.2 Å². The van der Waals surface area contributed by atoms with Crippen molar-refractivity contribution in [1.29, 1.82) is 0 Å². The first-order valence-corrected chi connectivity index (χ1v) is 5.25. The van der Waals surface area contributed by atoms with Crippen LogP contribution in [-0.4, -0.2) is 29.2 Å². The number of carbonyl (C=O) groups is 1. The lowest BCUT2D eigenvalue weighted by Crippen LogP contribution is -2.23. The largest absolute Gasteiger partial charge is 0.394 e. The molecular formula is C12H22O3. The van der Waals surface area contributed by atoms with Gasteiger partial charge in [-0.3, -0.25) is 4.79 Å². The van der Waals surface area contributed by atoms with Gasteiger partial charge in [0.05, 0.1) is 13.2 Å². The van der Waals surface area contributed by atoms with Crippen molar-refractivity contribution in [2.45, 2.75) is 40.5 Å². The average molecular weight is 214 g/mol. The van der Waals surface area contributed by atoms with Gasteiger partial charge in [-0.25, -0.2) is 0 Å². The fourth-order valence-electron chi connectivity index (χ4n) is 1.72. The smallest absolute Gasteiger partial charge is 0.159 e. The Morgan fingerprint density at radius 3 is 1.93 bits per heavy atom. The van der Waals surface area contributed by atoms with E-state index in [1.54, 1.807) is 0 Å². The van der Waals surface area contributed by atoms with Gasteiger partial charge in [0.2, 0.25) is 0 Å². The summed E-state index contributed by atoms with van der Waals surface area (Å²) < 4.78 is 0. The van der Waals surface area contributed by atoms with Crippen molar-refractivity contribution in [3.63, 3.8) is 0 Å². The molecule has 0 heterocycles. The number of carbonyl (C=O) groups excluding carboxylic acids is 1. The van der Waals surface area contributed by atoms with E-state index in [0.717, 1.165) is 18.4 Å². The van der Waals surface area contributed by atoms with Crippen LogP contribution in [0.25, 0.3) is 0 Å². The summed E-state index contributed by atoms with van der Waals surface area (Å²) in [5, 5.41) is 15.2. The monoisotopic (exact) mass is 214 g/mol. The molecule has 0 fully saturated rings. The van der Waals surface area contributed by atoms with Gasteiger partial charge in [-0.05, 0) is 31.3 Å². The molecule has 0 aromatic carbocycles. The minimum Gasteiger partial charge on any atom is -0.394 e. The highest BCUT2D eigenvalue weighted by molar-refractivity contribution is 5.96. The molecule has 0 bridgehead atoms. The fourth-order valence-corrected chi connectivity index (χ4v) is 1.72. The summed E-state index contributed by atoms with van der Waals surface area (Å²) in [5.74, 6) is 0.332. The normalized spacial score (nSPS) is 19.7. The van der Waals surface area contributed by atoms with Crippen LogP contribution < -0.4 is 0 Å². The summed E-state index contributed by atoms with van der Waals surface area (Å²) >= 11 is 0. The van der Waals surface area contributed by atoms with Crippen molar-refractivity contribution >= 4 is 5.78 Å². The molecule has 0 amide bonds. The predicted octanol–water partition coefficient (Wildman–Crippen LogP) is 1.68. The topological polar surface area (TPSA) is 57.5 Å². The van der Waals surface area contributed by atoms with E-state index in [2.05, 4.69) is 20.8 Å². The molecule has 3 heteroatoms. The molecule has 1 rings (SSSR count).